The molecule has 0 radical (unpaired) electrons. The maximum atomic E-state index is 11.1. The monoisotopic (exact) mass is 403 g/mol. The molecule has 3 saturated heterocycles. The Kier molecular flexibility index (Phi) is 5.06. The van der Waals surface area contributed by atoms with E-state index in [1.165, 1.54) is 0 Å². The molecule has 0 amide bonds. The van der Waals surface area contributed by atoms with Crippen molar-refractivity contribution in [1.29, 1.82) is 0 Å². The summed E-state index contributed by atoms with van der Waals surface area (Å²) in [6.45, 7) is 6.71. The van der Waals surface area contributed by atoms with Gasteiger partial charge in [-0.15, -0.1) is 0 Å². The normalized spacial score (nSPS) is 41.0. The van der Waals surface area contributed by atoms with Gasteiger partial charge in [0.25, 0.3) is 0 Å². The molecule has 3 rings (SSSR count). The Hall–Kier alpha value is 0.293. The summed E-state index contributed by atoms with van der Waals surface area (Å²) in [5, 5.41) is 4.89. The van der Waals surface area contributed by atoms with E-state index in [-0.39, 0.29) is 32.2 Å². The second-order valence-electron chi connectivity index (χ2n) is 6.56. The van der Waals surface area contributed by atoms with Crippen LogP contribution in [-0.4, -0.2) is 57.3 Å². The van der Waals surface area contributed by atoms with Crippen molar-refractivity contribution in [3.05, 3.63) is 0 Å². The van der Waals surface area contributed by atoms with Gasteiger partial charge in [0.1, 0.15) is 24.9 Å². The quantitative estimate of drug-likeness (QED) is 0.632. The number of nitrogens with two attached hydrogens (primary N) is 1. The van der Waals surface area contributed by atoms with Crippen molar-refractivity contribution in [1.82, 2.24) is 0 Å². The van der Waals surface area contributed by atoms with Crippen LogP contribution in [0, 0.1) is 0 Å². The average Bonchev–Trinajstić information content (AvgIpc) is 2.78. The van der Waals surface area contributed by atoms with E-state index in [1.807, 2.05) is 0 Å². The van der Waals surface area contributed by atoms with Crippen LogP contribution in [0.3, 0.4) is 0 Å². The summed E-state index contributed by atoms with van der Waals surface area (Å²) in [6, 6.07) is 0. The van der Waals surface area contributed by atoms with Crippen molar-refractivity contribution >= 4 is 10.3 Å². The Morgan fingerprint density at radius 1 is 1.13 bits per heavy atom. The molecule has 3 fully saturated rings. The van der Waals surface area contributed by atoms with E-state index >= 15 is 0 Å². The van der Waals surface area contributed by atoms with Gasteiger partial charge >= 0.3 is 10.3 Å². The standard InChI is InChI=1S/C12H21NO8S.Zn/c1-10(2)18-7-5-16-12(6-17-22(13,14)15)9(8(7)19-10)20-11(3,4)21-12;/h7-9H,5-6H2,1-4H3,(H2,13,14,15);/t7-,8-,9+,12+;/m1./s1. The molecule has 0 aromatic carbocycles. The topological polar surface area (TPSA) is 116 Å². The van der Waals surface area contributed by atoms with Crippen LogP contribution >= 0.6 is 0 Å². The number of rotatable bonds is 3. The summed E-state index contributed by atoms with van der Waals surface area (Å²) in [7, 11) is -4.14. The molecule has 0 aromatic rings. The molecule has 130 valence electrons. The van der Waals surface area contributed by atoms with Crippen LogP contribution in [0.4, 0.5) is 0 Å². The molecule has 11 heteroatoms. The Bertz CT molecular complexity index is 567. The van der Waals surface area contributed by atoms with Crippen molar-refractivity contribution in [2.24, 2.45) is 5.14 Å². The van der Waals surface area contributed by atoms with Gasteiger partial charge in [-0.2, -0.15) is 8.42 Å². The first-order valence-corrected chi connectivity index (χ1v) is 8.43. The molecule has 3 aliphatic rings. The summed E-state index contributed by atoms with van der Waals surface area (Å²) < 4.78 is 55.9. The SMILES string of the molecule is CC1(C)O[C@@H]2[C@@H](CO[C@@]3(COS(N)(=O)=O)OC(C)(C)O[C@@H]23)O1.[Zn]. The molecule has 0 spiro atoms. The van der Waals surface area contributed by atoms with E-state index in [4.69, 9.17) is 33.0 Å². The van der Waals surface area contributed by atoms with Gasteiger partial charge in [-0.1, -0.05) is 0 Å². The third kappa shape index (κ3) is 3.94. The number of hydrogen-bond acceptors (Lipinski definition) is 8. The second-order valence-corrected chi connectivity index (χ2v) is 7.78. The summed E-state index contributed by atoms with van der Waals surface area (Å²) in [4.78, 5) is 0. The van der Waals surface area contributed by atoms with Crippen molar-refractivity contribution < 1.29 is 55.8 Å². The molecular formula is C12H21NO8SZn. The molecule has 0 bridgehead atoms. The molecule has 3 heterocycles. The van der Waals surface area contributed by atoms with Crippen molar-refractivity contribution in [2.45, 2.75) is 63.4 Å². The zero-order valence-corrected chi connectivity index (χ0v) is 17.4. The predicted molar refractivity (Wildman–Crippen MR) is 71.6 cm³/mol. The van der Waals surface area contributed by atoms with Crippen molar-refractivity contribution in [3.8, 4) is 0 Å². The maximum Gasteiger partial charge on any atom is 0.333 e. The van der Waals surface area contributed by atoms with Crippen LogP contribution < -0.4 is 5.14 Å². The first-order valence-electron chi connectivity index (χ1n) is 6.96. The van der Waals surface area contributed by atoms with Gasteiger partial charge in [0.2, 0.25) is 5.79 Å². The second kappa shape index (κ2) is 5.93. The zero-order valence-electron chi connectivity index (χ0n) is 13.6. The van der Waals surface area contributed by atoms with Crippen molar-refractivity contribution in [2.75, 3.05) is 13.2 Å². The van der Waals surface area contributed by atoms with Crippen molar-refractivity contribution in [3.63, 3.8) is 0 Å². The van der Waals surface area contributed by atoms with Crippen LogP contribution in [0.5, 0.6) is 0 Å². The van der Waals surface area contributed by atoms with Crippen LogP contribution in [0.15, 0.2) is 0 Å². The van der Waals surface area contributed by atoms with Crippen LogP contribution in [0.1, 0.15) is 27.7 Å². The van der Waals surface area contributed by atoms with E-state index < -0.39 is 46.5 Å². The number of ether oxygens (including phenoxy) is 5. The summed E-state index contributed by atoms with van der Waals surface area (Å²) in [5.41, 5.74) is 0. The molecule has 3 aliphatic heterocycles. The van der Waals surface area contributed by atoms with E-state index in [0.717, 1.165) is 0 Å². The predicted octanol–water partition coefficient (Wildman–Crippen LogP) is -0.398. The first kappa shape index (κ1) is 19.6. The summed E-state index contributed by atoms with van der Waals surface area (Å²) >= 11 is 0. The number of fused-ring (bicyclic) bond motifs is 3. The Morgan fingerprint density at radius 2 is 1.78 bits per heavy atom. The van der Waals surface area contributed by atoms with E-state index in [0.29, 0.717) is 0 Å². The minimum absolute atomic E-state index is 0. The van der Waals surface area contributed by atoms with Gasteiger partial charge in [0, 0.05) is 19.5 Å². The Labute approximate surface area is 148 Å². The van der Waals surface area contributed by atoms with Gasteiger partial charge in [-0.3, -0.25) is 4.18 Å². The van der Waals surface area contributed by atoms with E-state index in [9.17, 15) is 8.42 Å². The van der Waals surface area contributed by atoms with Crippen LogP contribution in [0.25, 0.3) is 0 Å². The Balaban J connectivity index is 0.00000192. The minimum Gasteiger partial charge on any atom is -0.343 e. The van der Waals surface area contributed by atoms with Gasteiger partial charge in [-0.05, 0) is 27.7 Å². The maximum absolute atomic E-state index is 11.1. The molecule has 0 aliphatic carbocycles. The minimum atomic E-state index is -4.14. The van der Waals surface area contributed by atoms with Gasteiger partial charge in [0.15, 0.2) is 11.6 Å². The first-order chi connectivity index (χ1) is 9.92. The number of hydrogen-bond donors (Lipinski definition) is 1. The molecule has 0 saturated carbocycles. The molecule has 9 nitrogen and oxygen atoms in total. The molecule has 2 N–H and O–H groups in total. The Morgan fingerprint density at radius 3 is 2.39 bits per heavy atom. The summed E-state index contributed by atoms with van der Waals surface area (Å²) in [6.07, 6.45) is -1.50. The van der Waals surface area contributed by atoms with Gasteiger partial charge in [-0.25, -0.2) is 5.14 Å². The fourth-order valence-corrected chi connectivity index (χ4v) is 3.44. The third-order valence-corrected chi connectivity index (χ3v) is 4.15. The molecular weight excluding hydrogens is 384 g/mol. The largest absolute Gasteiger partial charge is 0.343 e. The fourth-order valence-electron chi connectivity index (χ4n) is 3.11. The molecule has 0 aromatic heterocycles. The van der Waals surface area contributed by atoms with Gasteiger partial charge < -0.3 is 23.7 Å². The average molecular weight is 405 g/mol. The third-order valence-electron chi connectivity index (χ3n) is 3.70. The fraction of sp³-hybridized carbons (Fsp3) is 1.00. The van der Waals surface area contributed by atoms with Crippen LogP contribution in [0.2, 0.25) is 0 Å². The van der Waals surface area contributed by atoms with Gasteiger partial charge in [0.05, 0.1) is 6.61 Å². The molecule has 4 atom stereocenters. The molecule has 0 unspecified atom stereocenters. The summed E-state index contributed by atoms with van der Waals surface area (Å²) in [5.74, 6) is -3.19. The van der Waals surface area contributed by atoms with E-state index in [2.05, 4.69) is 0 Å². The van der Waals surface area contributed by atoms with E-state index in [1.54, 1.807) is 27.7 Å². The zero-order chi connectivity index (χ0) is 16.4. The smallest absolute Gasteiger partial charge is 0.333 e. The van der Waals surface area contributed by atoms with Crippen LogP contribution in [-0.2, 0) is 57.6 Å². The molecule has 23 heavy (non-hydrogen) atoms.